The minimum absolute atomic E-state index is 0.0199. The van der Waals surface area contributed by atoms with Gasteiger partial charge in [0, 0.05) is 19.4 Å². The van der Waals surface area contributed by atoms with Gasteiger partial charge in [-0.15, -0.1) is 0 Å². The highest BCUT2D eigenvalue weighted by atomic mass is 16.4. The second-order valence-electron chi connectivity index (χ2n) is 5.63. The molecule has 5 heteroatoms. The molecular formula is C18H31NO4. The highest BCUT2D eigenvalue weighted by Crippen LogP contribution is 2.04. The molecule has 1 amide bonds. The summed E-state index contributed by atoms with van der Waals surface area (Å²) < 4.78 is 0. The first-order valence-electron chi connectivity index (χ1n) is 8.56. The van der Waals surface area contributed by atoms with Crippen molar-refractivity contribution in [3.05, 3.63) is 24.3 Å². The van der Waals surface area contributed by atoms with Gasteiger partial charge in [-0.25, -0.2) is 0 Å². The molecule has 0 fully saturated rings. The zero-order chi connectivity index (χ0) is 17.3. The Labute approximate surface area is 139 Å². The molecule has 1 atom stereocenters. The molecule has 0 heterocycles. The Balaban J connectivity index is 3.57. The number of allylic oxidation sites excluding steroid dienone is 2. The Hall–Kier alpha value is -1.62. The Morgan fingerprint density at radius 1 is 1.04 bits per heavy atom. The molecular weight excluding hydrogens is 294 g/mol. The third-order valence-corrected chi connectivity index (χ3v) is 3.40. The van der Waals surface area contributed by atoms with Gasteiger partial charge in [0.05, 0.1) is 6.10 Å². The summed E-state index contributed by atoms with van der Waals surface area (Å²) in [6.07, 6.45) is 13.6. The number of hydrogen-bond acceptors (Lipinski definition) is 3. The molecule has 0 aliphatic carbocycles. The quantitative estimate of drug-likeness (QED) is 0.338. The maximum absolute atomic E-state index is 11.5. The standard InChI is InChI=1S/C18H31NO4/c1-2-3-6-11-16(20)12-7-5-10-15-19-17(21)13-8-4-9-14-18(22)23/h5,7,10,12,16,20H,2-4,6,8-9,11,13-15H2,1H3,(H,19,21)(H,22,23). The van der Waals surface area contributed by atoms with Crippen molar-refractivity contribution < 1.29 is 19.8 Å². The van der Waals surface area contributed by atoms with Crippen LogP contribution in [0.1, 0.15) is 64.7 Å². The molecule has 0 aromatic carbocycles. The van der Waals surface area contributed by atoms with Crippen molar-refractivity contribution in [1.29, 1.82) is 0 Å². The third kappa shape index (κ3) is 16.6. The summed E-state index contributed by atoms with van der Waals surface area (Å²) >= 11 is 0. The van der Waals surface area contributed by atoms with Crippen molar-refractivity contribution in [1.82, 2.24) is 5.32 Å². The summed E-state index contributed by atoms with van der Waals surface area (Å²) in [4.78, 5) is 21.8. The van der Waals surface area contributed by atoms with Crippen LogP contribution in [-0.2, 0) is 9.59 Å². The number of aliphatic carboxylic acids is 1. The normalized spacial score (nSPS) is 12.8. The van der Waals surface area contributed by atoms with E-state index in [0.29, 0.717) is 25.8 Å². The first-order valence-corrected chi connectivity index (χ1v) is 8.56. The molecule has 132 valence electrons. The molecule has 5 nitrogen and oxygen atoms in total. The van der Waals surface area contributed by atoms with E-state index >= 15 is 0 Å². The average molecular weight is 325 g/mol. The Morgan fingerprint density at radius 2 is 1.78 bits per heavy atom. The van der Waals surface area contributed by atoms with Gasteiger partial charge >= 0.3 is 5.97 Å². The summed E-state index contributed by atoms with van der Waals surface area (Å²) in [6.45, 7) is 2.60. The van der Waals surface area contributed by atoms with Crippen LogP contribution in [0.25, 0.3) is 0 Å². The van der Waals surface area contributed by atoms with Gasteiger partial charge in [-0.3, -0.25) is 9.59 Å². The van der Waals surface area contributed by atoms with E-state index in [0.717, 1.165) is 32.1 Å². The summed E-state index contributed by atoms with van der Waals surface area (Å²) in [5.74, 6) is -0.809. The maximum Gasteiger partial charge on any atom is 0.303 e. The van der Waals surface area contributed by atoms with Crippen molar-refractivity contribution in [3.63, 3.8) is 0 Å². The molecule has 0 aromatic heterocycles. The number of carbonyl (C=O) groups is 2. The largest absolute Gasteiger partial charge is 0.481 e. The number of aliphatic hydroxyl groups is 1. The molecule has 0 rings (SSSR count). The van der Waals surface area contributed by atoms with E-state index in [1.807, 2.05) is 12.2 Å². The fourth-order valence-electron chi connectivity index (χ4n) is 2.04. The SMILES string of the molecule is CCCCCC(O)C=CC=CCNC(=O)CCCCCC(=O)O. The predicted molar refractivity (Wildman–Crippen MR) is 92.2 cm³/mol. The fourth-order valence-corrected chi connectivity index (χ4v) is 2.04. The van der Waals surface area contributed by atoms with Gasteiger partial charge in [0.15, 0.2) is 0 Å². The lowest BCUT2D eigenvalue weighted by atomic mass is 10.1. The molecule has 1 unspecified atom stereocenters. The summed E-state index contributed by atoms with van der Waals surface area (Å²) in [6, 6.07) is 0. The molecule has 0 aromatic rings. The topological polar surface area (TPSA) is 86.6 Å². The van der Waals surface area contributed by atoms with Crippen LogP contribution in [0.4, 0.5) is 0 Å². The number of amides is 1. The number of carboxylic acid groups (broad SMARTS) is 1. The Kier molecular flexibility index (Phi) is 14.2. The van der Waals surface area contributed by atoms with Gasteiger partial charge in [0.25, 0.3) is 0 Å². The lowest BCUT2D eigenvalue weighted by Gasteiger charge is -2.03. The molecule has 0 saturated heterocycles. The van der Waals surface area contributed by atoms with Gasteiger partial charge < -0.3 is 15.5 Å². The lowest BCUT2D eigenvalue weighted by molar-refractivity contribution is -0.137. The smallest absolute Gasteiger partial charge is 0.303 e. The van der Waals surface area contributed by atoms with Crippen LogP contribution >= 0.6 is 0 Å². The van der Waals surface area contributed by atoms with Crippen LogP contribution in [-0.4, -0.2) is 34.7 Å². The molecule has 3 N–H and O–H groups in total. The van der Waals surface area contributed by atoms with E-state index in [2.05, 4.69) is 12.2 Å². The zero-order valence-electron chi connectivity index (χ0n) is 14.2. The van der Waals surface area contributed by atoms with Crippen LogP contribution in [0.5, 0.6) is 0 Å². The number of aliphatic hydroxyl groups excluding tert-OH is 1. The Bertz CT molecular complexity index is 377. The van der Waals surface area contributed by atoms with Crippen LogP contribution < -0.4 is 5.32 Å². The van der Waals surface area contributed by atoms with Crippen molar-refractivity contribution in [3.8, 4) is 0 Å². The van der Waals surface area contributed by atoms with Crippen LogP contribution in [0.15, 0.2) is 24.3 Å². The molecule has 0 bridgehead atoms. The van der Waals surface area contributed by atoms with E-state index in [4.69, 9.17) is 5.11 Å². The second-order valence-corrected chi connectivity index (χ2v) is 5.63. The van der Waals surface area contributed by atoms with E-state index in [-0.39, 0.29) is 12.3 Å². The monoisotopic (exact) mass is 325 g/mol. The summed E-state index contributed by atoms with van der Waals surface area (Å²) in [5.41, 5.74) is 0. The van der Waals surface area contributed by atoms with Gasteiger partial charge in [0.2, 0.25) is 5.91 Å². The molecule has 0 aliphatic rings. The van der Waals surface area contributed by atoms with Gasteiger partial charge in [-0.2, -0.15) is 0 Å². The van der Waals surface area contributed by atoms with Gasteiger partial charge in [0.1, 0.15) is 0 Å². The number of unbranched alkanes of at least 4 members (excludes halogenated alkanes) is 4. The van der Waals surface area contributed by atoms with E-state index < -0.39 is 12.1 Å². The number of carboxylic acids is 1. The number of rotatable bonds is 14. The predicted octanol–water partition coefficient (Wildman–Crippen LogP) is 3.19. The minimum atomic E-state index is -0.789. The number of nitrogens with one attached hydrogen (secondary N) is 1. The number of hydrogen-bond donors (Lipinski definition) is 3. The van der Waals surface area contributed by atoms with Crippen molar-refractivity contribution in [2.45, 2.75) is 70.8 Å². The molecule has 0 saturated carbocycles. The fraction of sp³-hybridized carbons (Fsp3) is 0.667. The maximum atomic E-state index is 11.5. The van der Waals surface area contributed by atoms with E-state index in [1.165, 1.54) is 0 Å². The summed E-state index contributed by atoms with van der Waals surface area (Å²) in [5, 5.41) is 20.9. The number of carbonyl (C=O) groups excluding carboxylic acids is 1. The van der Waals surface area contributed by atoms with Crippen LogP contribution in [0.3, 0.4) is 0 Å². The lowest BCUT2D eigenvalue weighted by Crippen LogP contribution is -2.22. The van der Waals surface area contributed by atoms with Gasteiger partial charge in [-0.05, 0) is 19.3 Å². The second kappa shape index (κ2) is 15.3. The minimum Gasteiger partial charge on any atom is -0.481 e. The Morgan fingerprint density at radius 3 is 2.48 bits per heavy atom. The summed E-state index contributed by atoms with van der Waals surface area (Å²) in [7, 11) is 0. The van der Waals surface area contributed by atoms with E-state index in [1.54, 1.807) is 12.2 Å². The van der Waals surface area contributed by atoms with Crippen LogP contribution in [0, 0.1) is 0 Å². The molecule has 0 aliphatic heterocycles. The van der Waals surface area contributed by atoms with Crippen LogP contribution in [0.2, 0.25) is 0 Å². The average Bonchev–Trinajstić information content (AvgIpc) is 2.50. The third-order valence-electron chi connectivity index (χ3n) is 3.40. The highest BCUT2D eigenvalue weighted by molar-refractivity contribution is 5.75. The molecule has 23 heavy (non-hydrogen) atoms. The van der Waals surface area contributed by atoms with Gasteiger partial charge in [-0.1, -0.05) is 56.9 Å². The molecule has 0 spiro atoms. The first-order chi connectivity index (χ1) is 11.1. The van der Waals surface area contributed by atoms with Crippen molar-refractivity contribution in [2.24, 2.45) is 0 Å². The van der Waals surface area contributed by atoms with Crippen molar-refractivity contribution in [2.75, 3.05) is 6.54 Å². The first kappa shape index (κ1) is 21.4. The highest BCUT2D eigenvalue weighted by Gasteiger charge is 2.01. The van der Waals surface area contributed by atoms with Crippen molar-refractivity contribution >= 4 is 11.9 Å². The zero-order valence-corrected chi connectivity index (χ0v) is 14.2. The van der Waals surface area contributed by atoms with E-state index in [9.17, 15) is 14.7 Å². The molecule has 0 radical (unpaired) electrons.